The smallest absolute Gasteiger partial charge is 0.416 e. The highest BCUT2D eigenvalue weighted by atomic mass is 32.2. The number of aromatic nitrogens is 1. The highest BCUT2D eigenvalue weighted by Gasteiger charge is 2.34. The third kappa shape index (κ3) is 7.05. The molecule has 7 nitrogen and oxygen atoms in total. The van der Waals surface area contributed by atoms with Crippen LogP contribution in [0, 0.1) is 0 Å². The standard InChI is InChI=1S/C24H26F3N3O4S2/c1-14(2)34-22(31)29-17-9-6-15(7-10-17)21-28-13-19(35-21)18-11-8-16(24(25,26)27)12-20(18)36(32,33)30-23(3,4)5/h6-14,30H,1-5H3,(H,29,31). The van der Waals surface area contributed by atoms with Crippen LogP contribution >= 0.6 is 11.3 Å². The summed E-state index contributed by atoms with van der Waals surface area (Å²) >= 11 is 1.13. The molecule has 0 saturated heterocycles. The molecule has 194 valence electrons. The Morgan fingerprint density at radius 1 is 1.06 bits per heavy atom. The summed E-state index contributed by atoms with van der Waals surface area (Å²) in [6, 6.07) is 9.35. The van der Waals surface area contributed by atoms with Gasteiger partial charge in [0, 0.05) is 28.6 Å². The molecule has 3 aromatic rings. The maximum absolute atomic E-state index is 13.4. The van der Waals surface area contributed by atoms with Crippen molar-refractivity contribution in [2.75, 3.05) is 5.32 Å². The number of sulfonamides is 1. The van der Waals surface area contributed by atoms with Crippen LogP contribution in [0.1, 0.15) is 40.2 Å². The first-order valence-corrected chi connectivity index (χ1v) is 13.1. The quantitative estimate of drug-likeness (QED) is 0.370. The molecule has 1 heterocycles. The minimum absolute atomic E-state index is 0.109. The van der Waals surface area contributed by atoms with E-state index < -0.39 is 38.3 Å². The monoisotopic (exact) mass is 541 g/mol. The first-order valence-electron chi connectivity index (χ1n) is 10.8. The summed E-state index contributed by atoms with van der Waals surface area (Å²) in [5.41, 5.74) is -0.674. The van der Waals surface area contributed by atoms with E-state index in [0.717, 1.165) is 23.5 Å². The summed E-state index contributed by atoms with van der Waals surface area (Å²) in [5.74, 6) is 0. The van der Waals surface area contributed by atoms with Gasteiger partial charge in [-0.2, -0.15) is 13.2 Å². The molecule has 0 atom stereocenters. The van der Waals surface area contributed by atoms with Crippen molar-refractivity contribution >= 4 is 33.1 Å². The molecule has 0 aliphatic carbocycles. The van der Waals surface area contributed by atoms with Gasteiger partial charge in [0.15, 0.2) is 0 Å². The summed E-state index contributed by atoms with van der Waals surface area (Å²) in [6.07, 6.45) is -4.14. The molecular formula is C24H26F3N3O4S2. The fraction of sp³-hybridized carbons (Fsp3) is 0.333. The highest BCUT2D eigenvalue weighted by Crippen LogP contribution is 2.39. The Bertz CT molecular complexity index is 1340. The topological polar surface area (TPSA) is 97.4 Å². The number of hydrogen-bond donors (Lipinski definition) is 2. The molecule has 3 rings (SSSR count). The summed E-state index contributed by atoms with van der Waals surface area (Å²) < 4.78 is 73.7. The van der Waals surface area contributed by atoms with Gasteiger partial charge in [-0.25, -0.2) is 22.9 Å². The largest absolute Gasteiger partial charge is 0.447 e. The van der Waals surface area contributed by atoms with Gasteiger partial charge < -0.3 is 4.74 Å². The van der Waals surface area contributed by atoms with E-state index in [9.17, 15) is 26.4 Å². The number of anilines is 1. The Labute approximate surface area is 211 Å². The predicted octanol–water partition coefficient (Wildman–Crippen LogP) is 6.53. The summed E-state index contributed by atoms with van der Waals surface area (Å²) in [7, 11) is -4.28. The van der Waals surface area contributed by atoms with E-state index in [-0.39, 0.29) is 11.7 Å². The van der Waals surface area contributed by atoms with Crippen LogP contribution in [0.3, 0.4) is 0 Å². The van der Waals surface area contributed by atoms with Crippen LogP contribution in [-0.2, 0) is 20.9 Å². The van der Waals surface area contributed by atoms with Crippen molar-refractivity contribution in [1.29, 1.82) is 0 Å². The second-order valence-corrected chi connectivity index (χ2v) is 11.9. The third-order valence-corrected chi connectivity index (χ3v) is 7.41. The molecular weight excluding hydrogens is 515 g/mol. The zero-order valence-corrected chi connectivity index (χ0v) is 21.9. The van der Waals surface area contributed by atoms with Gasteiger partial charge in [0.2, 0.25) is 10.0 Å². The number of benzene rings is 2. The zero-order valence-electron chi connectivity index (χ0n) is 20.2. The van der Waals surface area contributed by atoms with E-state index >= 15 is 0 Å². The van der Waals surface area contributed by atoms with Crippen molar-refractivity contribution in [3.63, 3.8) is 0 Å². The Morgan fingerprint density at radius 3 is 2.25 bits per heavy atom. The van der Waals surface area contributed by atoms with Crippen LogP contribution in [0.15, 0.2) is 53.6 Å². The van der Waals surface area contributed by atoms with E-state index in [1.54, 1.807) is 58.9 Å². The van der Waals surface area contributed by atoms with E-state index in [1.807, 2.05) is 0 Å². The highest BCUT2D eigenvalue weighted by molar-refractivity contribution is 7.89. The van der Waals surface area contributed by atoms with Crippen LogP contribution < -0.4 is 10.0 Å². The van der Waals surface area contributed by atoms with Crippen molar-refractivity contribution in [3.05, 3.63) is 54.2 Å². The lowest BCUT2D eigenvalue weighted by Gasteiger charge is -2.22. The van der Waals surface area contributed by atoms with Crippen molar-refractivity contribution < 1.29 is 31.1 Å². The van der Waals surface area contributed by atoms with Crippen LogP contribution in [0.4, 0.5) is 23.7 Å². The molecule has 1 amide bonds. The van der Waals surface area contributed by atoms with Gasteiger partial charge in [0.05, 0.1) is 21.4 Å². The fourth-order valence-electron chi connectivity index (χ4n) is 3.17. The van der Waals surface area contributed by atoms with Gasteiger partial charge in [0.1, 0.15) is 5.01 Å². The average molecular weight is 542 g/mol. The minimum atomic E-state index is -4.71. The molecule has 0 fully saturated rings. The molecule has 0 radical (unpaired) electrons. The van der Waals surface area contributed by atoms with Gasteiger partial charge in [-0.1, -0.05) is 6.07 Å². The molecule has 0 spiro atoms. The number of alkyl halides is 3. The van der Waals surface area contributed by atoms with Gasteiger partial charge in [-0.15, -0.1) is 11.3 Å². The zero-order chi connectivity index (χ0) is 26.9. The number of nitrogens with zero attached hydrogens (tertiary/aromatic N) is 1. The molecule has 2 N–H and O–H groups in total. The number of carbonyl (C=O) groups excluding carboxylic acids is 1. The Hall–Kier alpha value is -2.96. The van der Waals surface area contributed by atoms with E-state index in [0.29, 0.717) is 27.2 Å². The molecule has 2 aromatic carbocycles. The summed E-state index contributed by atoms with van der Waals surface area (Å²) in [4.78, 5) is 16.0. The first-order chi connectivity index (χ1) is 16.5. The number of thiazole rings is 1. The predicted molar refractivity (Wildman–Crippen MR) is 133 cm³/mol. The normalized spacial score (nSPS) is 12.6. The van der Waals surface area contributed by atoms with Gasteiger partial charge in [-0.3, -0.25) is 5.32 Å². The molecule has 0 aliphatic heterocycles. The van der Waals surface area contributed by atoms with Gasteiger partial charge >= 0.3 is 12.3 Å². The minimum Gasteiger partial charge on any atom is -0.447 e. The number of rotatable bonds is 6. The number of halogens is 3. The first kappa shape index (κ1) is 27.6. The molecule has 0 bridgehead atoms. The lowest BCUT2D eigenvalue weighted by atomic mass is 10.1. The molecule has 12 heteroatoms. The van der Waals surface area contributed by atoms with Gasteiger partial charge in [-0.05, 0) is 71.0 Å². The van der Waals surface area contributed by atoms with E-state index in [4.69, 9.17) is 4.74 Å². The maximum atomic E-state index is 13.4. The van der Waals surface area contributed by atoms with Crippen LogP contribution in [0.2, 0.25) is 0 Å². The van der Waals surface area contributed by atoms with Crippen molar-refractivity contribution in [1.82, 2.24) is 9.71 Å². The number of nitrogens with one attached hydrogen (secondary N) is 2. The number of amides is 1. The SMILES string of the molecule is CC(C)OC(=O)Nc1ccc(-c2ncc(-c3ccc(C(F)(F)F)cc3S(=O)(=O)NC(C)(C)C)s2)cc1. The van der Waals surface area contributed by atoms with Crippen LogP contribution in [-0.4, -0.2) is 31.1 Å². The molecule has 36 heavy (non-hydrogen) atoms. The van der Waals surface area contributed by atoms with E-state index in [2.05, 4.69) is 15.0 Å². The lowest BCUT2D eigenvalue weighted by molar-refractivity contribution is -0.137. The fourth-order valence-corrected chi connectivity index (χ4v) is 5.86. The van der Waals surface area contributed by atoms with E-state index in [1.165, 1.54) is 6.20 Å². The maximum Gasteiger partial charge on any atom is 0.416 e. The van der Waals surface area contributed by atoms with Crippen molar-refractivity contribution in [3.8, 4) is 21.0 Å². The lowest BCUT2D eigenvalue weighted by Crippen LogP contribution is -2.40. The van der Waals surface area contributed by atoms with Gasteiger partial charge in [0.25, 0.3) is 0 Å². The molecule has 0 unspecified atom stereocenters. The number of carbonyl (C=O) groups is 1. The third-order valence-electron chi connectivity index (χ3n) is 4.53. The van der Waals surface area contributed by atoms with Crippen molar-refractivity contribution in [2.24, 2.45) is 0 Å². The molecule has 1 aromatic heterocycles. The van der Waals surface area contributed by atoms with Crippen LogP contribution in [0.5, 0.6) is 0 Å². The number of ether oxygens (including phenoxy) is 1. The molecule has 0 aliphatic rings. The Kier molecular flexibility index (Phi) is 7.82. The van der Waals surface area contributed by atoms with Crippen LogP contribution in [0.25, 0.3) is 21.0 Å². The summed E-state index contributed by atoms with van der Waals surface area (Å²) in [5, 5.41) is 3.12. The Balaban J connectivity index is 1.96. The van der Waals surface area contributed by atoms with Crippen molar-refractivity contribution in [2.45, 2.75) is 57.3 Å². The molecule has 0 saturated carbocycles. The second-order valence-electron chi connectivity index (χ2n) is 9.25. The average Bonchev–Trinajstić information content (AvgIpc) is 3.21. The Morgan fingerprint density at radius 2 is 1.69 bits per heavy atom. The number of hydrogen-bond acceptors (Lipinski definition) is 6. The second kappa shape index (κ2) is 10.2. The summed E-state index contributed by atoms with van der Waals surface area (Å²) in [6.45, 7) is 8.27.